The molecule has 0 N–H and O–H groups in total. The van der Waals surface area contributed by atoms with Crippen LogP contribution < -0.4 is 0 Å². The van der Waals surface area contributed by atoms with Gasteiger partial charge < -0.3 is 4.74 Å². The fourth-order valence-corrected chi connectivity index (χ4v) is 2.00. The van der Waals surface area contributed by atoms with E-state index in [1.165, 1.54) is 0 Å². The zero-order valence-corrected chi connectivity index (χ0v) is 8.53. The summed E-state index contributed by atoms with van der Waals surface area (Å²) >= 11 is 0. The van der Waals surface area contributed by atoms with Crippen LogP contribution in [0.4, 0.5) is 0 Å². The van der Waals surface area contributed by atoms with Crippen molar-refractivity contribution in [3.63, 3.8) is 0 Å². The first-order valence-electron chi connectivity index (χ1n) is 5.26. The Morgan fingerprint density at radius 2 is 2.21 bits per heavy atom. The molecule has 0 aromatic carbocycles. The lowest BCUT2D eigenvalue weighted by Crippen LogP contribution is -2.23. The largest absolute Gasteiger partial charge is 0.381 e. The van der Waals surface area contributed by atoms with Crippen molar-refractivity contribution in [3.05, 3.63) is 0 Å². The normalized spacial score (nSPS) is 24.2. The van der Waals surface area contributed by atoms with Crippen molar-refractivity contribution in [2.75, 3.05) is 19.8 Å². The molecule has 0 atom stereocenters. The van der Waals surface area contributed by atoms with E-state index >= 15 is 0 Å². The topological polar surface area (TPSA) is 41.9 Å². The van der Waals surface area contributed by atoms with Crippen LogP contribution in [0.1, 0.15) is 26.2 Å². The highest BCUT2D eigenvalue weighted by atomic mass is 16.5. The number of hydrogen-bond acceptors (Lipinski definition) is 3. The SMILES string of the molecule is CCN1N=C(C2CCOCC2)CC1=O. The summed E-state index contributed by atoms with van der Waals surface area (Å²) < 4.78 is 5.29. The fourth-order valence-electron chi connectivity index (χ4n) is 2.00. The van der Waals surface area contributed by atoms with E-state index in [1.807, 2.05) is 6.92 Å². The zero-order chi connectivity index (χ0) is 9.97. The predicted octanol–water partition coefficient (Wildman–Crippen LogP) is 1.02. The molecule has 0 aromatic rings. The minimum Gasteiger partial charge on any atom is -0.381 e. The van der Waals surface area contributed by atoms with E-state index in [0.717, 1.165) is 31.8 Å². The maximum atomic E-state index is 11.4. The third-order valence-electron chi connectivity index (χ3n) is 2.86. The summed E-state index contributed by atoms with van der Waals surface area (Å²) in [6.07, 6.45) is 2.56. The highest BCUT2D eigenvalue weighted by molar-refractivity contribution is 6.05. The molecule has 4 heteroatoms. The number of ether oxygens (including phenoxy) is 1. The third-order valence-corrected chi connectivity index (χ3v) is 2.86. The number of rotatable bonds is 2. The number of carbonyl (C=O) groups is 1. The highest BCUT2D eigenvalue weighted by Crippen LogP contribution is 2.22. The first-order valence-corrected chi connectivity index (χ1v) is 5.26. The van der Waals surface area contributed by atoms with Gasteiger partial charge in [-0.2, -0.15) is 5.10 Å². The van der Waals surface area contributed by atoms with Crippen molar-refractivity contribution >= 4 is 11.6 Å². The van der Waals surface area contributed by atoms with Crippen LogP contribution in [0.5, 0.6) is 0 Å². The summed E-state index contributed by atoms with van der Waals surface area (Å²) in [5, 5.41) is 5.93. The Bertz CT molecular complexity index is 257. The predicted molar refractivity (Wildman–Crippen MR) is 53.0 cm³/mol. The molecule has 0 saturated carbocycles. The smallest absolute Gasteiger partial charge is 0.248 e. The highest BCUT2D eigenvalue weighted by Gasteiger charge is 2.29. The summed E-state index contributed by atoms with van der Waals surface area (Å²) in [4.78, 5) is 11.4. The lowest BCUT2D eigenvalue weighted by atomic mass is 9.93. The Hall–Kier alpha value is -0.900. The summed E-state index contributed by atoms with van der Waals surface area (Å²) in [5.74, 6) is 0.623. The molecule has 0 unspecified atom stereocenters. The van der Waals surface area contributed by atoms with Gasteiger partial charge in [0.25, 0.3) is 0 Å². The van der Waals surface area contributed by atoms with E-state index in [1.54, 1.807) is 5.01 Å². The second-order valence-electron chi connectivity index (χ2n) is 3.76. The molecule has 2 aliphatic rings. The maximum Gasteiger partial charge on any atom is 0.248 e. The van der Waals surface area contributed by atoms with Gasteiger partial charge in [0.15, 0.2) is 0 Å². The summed E-state index contributed by atoms with van der Waals surface area (Å²) in [7, 11) is 0. The second kappa shape index (κ2) is 4.09. The number of nitrogens with zero attached hydrogens (tertiary/aromatic N) is 2. The van der Waals surface area contributed by atoms with Crippen molar-refractivity contribution in [2.45, 2.75) is 26.2 Å². The fraction of sp³-hybridized carbons (Fsp3) is 0.800. The van der Waals surface area contributed by atoms with Crippen molar-refractivity contribution in [3.8, 4) is 0 Å². The Kier molecular flexibility index (Phi) is 2.82. The van der Waals surface area contributed by atoms with Crippen LogP contribution in [0.25, 0.3) is 0 Å². The van der Waals surface area contributed by atoms with E-state index in [4.69, 9.17) is 4.74 Å². The van der Waals surface area contributed by atoms with Crippen LogP contribution in [0, 0.1) is 5.92 Å². The molecule has 0 radical (unpaired) electrons. The molecule has 14 heavy (non-hydrogen) atoms. The van der Waals surface area contributed by atoms with E-state index in [2.05, 4.69) is 5.10 Å². The van der Waals surface area contributed by atoms with E-state index in [9.17, 15) is 4.79 Å². The van der Waals surface area contributed by atoms with Gasteiger partial charge in [-0.3, -0.25) is 4.79 Å². The standard InChI is InChI=1S/C10H16N2O2/c1-2-12-10(13)7-9(11-12)8-3-5-14-6-4-8/h8H,2-7H2,1H3. The Morgan fingerprint density at radius 1 is 1.50 bits per heavy atom. The summed E-state index contributed by atoms with van der Waals surface area (Å²) in [6.45, 7) is 4.26. The molecule has 2 heterocycles. The van der Waals surface area contributed by atoms with Gasteiger partial charge in [0.2, 0.25) is 5.91 Å². The van der Waals surface area contributed by atoms with Gasteiger partial charge in [0.1, 0.15) is 0 Å². The van der Waals surface area contributed by atoms with Gasteiger partial charge in [-0.05, 0) is 19.8 Å². The first-order chi connectivity index (χ1) is 6.81. The van der Waals surface area contributed by atoms with Gasteiger partial charge in [0, 0.05) is 25.7 Å². The Balaban J connectivity index is 2.00. The lowest BCUT2D eigenvalue weighted by molar-refractivity contribution is -0.128. The van der Waals surface area contributed by atoms with Crippen molar-refractivity contribution in [1.82, 2.24) is 5.01 Å². The van der Waals surface area contributed by atoms with Crippen molar-refractivity contribution in [1.29, 1.82) is 0 Å². The Labute approximate surface area is 83.9 Å². The molecule has 0 aliphatic carbocycles. The molecular formula is C10H16N2O2. The number of hydrogen-bond donors (Lipinski definition) is 0. The maximum absolute atomic E-state index is 11.4. The van der Waals surface area contributed by atoms with Gasteiger partial charge in [-0.1, -0.05) is 0 Å². The average molecular weight is 196 g/mol. The summed E-state index contributed by atoms with van der Waals surface area (Å²) in [5.41, 5.74) is 1.07. The molecular weight excluding hydrogens is 180 g/mol. The van der Waals surface area contributed by atoms with Crippen LogP contribution in [-0.4, -0.2) is 36.4 Å². The monoisotopic (exact) mass is 196 g/mol. The van der Waals surface area contributed by atoms with E-state index in [-0.39, 0.29) is 5.91 Å². The zero-order valence-electron chi connectivity index (χ0n) is 8.53. The molecule has 0 aromatic heterocycles. The van der Waals surface area contributed by atoms with Crippen molar-refractivity contribution in [2.24, 2.45) is 11.0 Å². The van der Waals surface area contributed by atoms with Crippen LogP contribution in [0.15, 0.2) is 5.10 Å². The minimum atomic E-state index is 0.147. The molecule has 0 bridgehead atoms. The van der Waals surface area contributed by atoms with Crippen LogP contribution in [0.2, 0.25) is 0 Å². The molecule has 1 saturated heterocycles. The lowest BCUT2D eigenvalue weighted by Gasteiger charge is -2.21. The van der Waals surface area contributed by atoms with Crippen molar-refractivity contribution < 1.29 is 9.53 Å². The molecule has 2 aliphatic heterocycles. The molecule has 1 amide bonds. The average Bonchev–Trinajstić information content (AvgIpc) is 2.61. The van der Waals surface area contributed by atoms with Crippen LogP contribution in [0.3, 0.4) is 0 Å². The number of carbonyl (C=O) groups excluding carboxylic acids is 1. The number of hydrazone groups is 1. The van der Waals surface area contributed by atoms with Gasteiger partial charge >= 0.3 is 0 Å². The van der Waals surface area contributed by atoms with Crippen LogP contribution >= 0.6 is 0 Å². The van der Waals surface area contributed by atoms with E-state index in [0.29, 0.717) is 18.9 Å². The van der Waals surface area contributed by atoms with Gasteiger partial charge in [-0.15, -0.1) is 0 Å². The molecule has 78 valence electrons. The third kappa shape index (κ3) is 1.80. The molecule has 1 fully saturated rings. The Morgan fingerprint density at radius 3 is 2.79 bits per heavy atom. The van der Waals surface area contributed by atoms with E-state index < -0.39 is 0 Å². The molecule has 0 spiro atoms. The number of amides is 1. The van der Waals surface area contributed by atoms with Gasteiger partial charge in [-0.25, -0.2) is 5.01 Å². The van der Waals surface area contributed by atoms with Crippen LogP contribution in [-0.2, 0) is 9.53 Å². The summed E-state index contributed by atoms with van der Waals surface area (Å²) in [6, 6.07) is 0. The second-order valence-corrected chi connectivity index (χ2v) is 3.76. The first kappa shape index (κ1) is 9.65. The molecule has 4 nitrogen and oxygen atoms in total. The van der Waals surface area contributed by atoms with Gasteiger partial charge in [0.05, 0.1) is 12.1 Å². The molecule has 2 rings (SSSR count). The minimum absolute atomic E-state index is 0.147. The quantitative estimate of drug-likeness (QED) is 0.661.